The number of aromatic nitrogens is 1. The van der Waals surface area contributed by atoms with Crippen LogP contribution in [0.5, 0.6) is 0 Å². The number of rotatable bonds is 2. The minimum absolute atomic E-state index is 0.137. The van der Waals surface area contributed by atoms with Gasteiger partial charge in [-0.3, -0.25) is 4.79 Å². The van der Waals surface area contributed by atoms with Crippen LogP contribution in [0.25, 0.3) is 10.2 Å². The van der Waals surface area contributed by atoms with Gasteiger partial charge in [-0.2, -0.15) is 0 Å². The molecule has 1 saturated heterocycles. The van der Waals surface area contributed by atoms with Crippen molar-refractivity contribution < 1.29 is 9.90 Å². The first-order valence-corrected chi connectivity index (χ1v) is 6.78. The second-order valence-corrected chi connectivity index (χ2v) is 5.93. The summed E-state index contributed by atoms with van der Waals surface area (Å²) in [5.41, 5.74) is 2.15. The van der Waals surface area contributed by atoms with Crippen LogP contribution in [0, 0.1) is 12.8 Å². The Labute approximate surface area is 109 Å². The highest BCUT2D eigenvalue weighted by molar-refractivity contribution is 7.18. The lowest BCUT2D eigenvalue weighted by Gasteiger charge is -2.10. The van der Waals surface area contributed by atoms with E-state index in [1.807, 2.05) is 6.92 Å². The molecular weight excluding hydrogens is 248 g/mol. The van der Waals surface area contributed by atoms with Gasteiger partial charge in [-0.05, 0) is 31.0 Å². The van der Waals surface area contributed by atoms with Crippen molar-refractivity contribution in [2.45, 2.75) is 19.4 Å². The van der Waals surface area contributed by atoms with Crippen molar-refractivity contribution in [1.82, 2.24) is 10.3 Å². The van der Waals surface area contributed by atoms with E-state index in [0.717, 1.165) is 16.1 Å². The molecule has 0 amide bonds. The maximum Gasteiger partial charge on any atom is 0.307 e. The van der Waals surface area contributed by atoms with Crippen LogP contribution in [0.15, 0.2) is 18.2 Å². The van der Waals surface area contributed by atoms with Crippen molar-refractivity contribution in [1.29, 1.82) is 0 Å². The first-order chi connectivity index (χ1) is 8.63. The first kappa shape index (κ1) is 11.6. The van der Waals surface area contributed by atoms with E-state index in [9.17, 15) is 4.79 Å². The third-order valence-electron chi connectivity index (χ3n) is 3.40. The lowest BCUT2D eigenvalue weighted by molar-refractivity contribution is -0.141. The van der Waals surface area contributed by atoms with Gasteiger partial charge in [0, 0.05) is 12.6 Å². The third kappa shape index (κ3) is 2.00. The number of aliphatic carboxylic acids is 1. The second-order valence-electron chi connectivity index (χ2n) is 4.69. The molecule has 0 radical (unpaired) electrons. The quantitative estimate of drug-likeness (QED) is 0.872. The summed E-state index contributed by atoms with van der Waals surface area (Å²) < 4.78 is 1.18. The molecule has 2 unspecified atom stereocenters. The molecule has 2 aromatic rings. The zero-order chi connectivity index (χ0) is 12.7. The fourth-order valence-electron chi connectivity index (χ4n) is 2.45. The van der Waals surface area contributed by atoms with Crippen LogP contribution in [0.3, 0.4) is 0 Å². The lowest BCUT2D eigenvalue weighted by Crippen LogP contribution is -2.17. The predicted molar refractivity (Wildman–Crippen MR) is 70.8 cm³/mol. The van der Waals surface area contributed by atoms with Gasteiger partial charge in [-0.15, -0.1) is 11.3 Å². The van der Waals surface area contributed by atoms with Crippen LogP contribution in [-0.4, -0.2) is 22.6 Å². The molecule has 2 N–H and O–H groups in total. The topological polar surface area (TPSA) is 62.2 Å². The second kappa shape index (κ2) is 4.33. The van der Waals surface area contributed by atoms with Gasteiger partial charge < -0.3 is 10.4 Å². The number of carbonyl (C=O) groups is 1. The van der Waals surface area contributed by atoms with Gasteiger partial charge in [-0.25, -0.2) is 4.98 Å². The fraction of sp³-hybridized carbons (Fsp3) is 0.385. The van der Waals surface area contributed by atoms with E-state index in [1.165, 1.54) is 4.70 Å². The van der Waals surface area contributed by atoms with Gasteiger partial charge in [0.15, 0.2) is 0 Å². The predicted octanol–water partition coefficient (Wildman–Crippen LogP) is 2.34. The number of carboxylic acids is 1. The van der Waals surface area contributed by atoms with Gasteiger partial charge in [0.25, 0.3) is 0 Å². The number of fused-ring (bicyclic) bond motifs is 1. The molecule has 94 valence electrons. The number of hydrogen-bond acceptors (Lipinski definition) is 4. The zero-order valence-corrected chi connectivity index (χ0v) is 10.8. The molecule has 1 aliphatic heterocycles. The van der Waals surface area contributed by atoms with Gasteiger partial charge in [0.05, 0.1) is 21.1 Å². The molecule has 3 rings (SSSR count). The summed E-state index contributed by atoms with van der Waals surface area (Å²) in [4.78, 5) is 15.4. The molecule has 4 nitrogen and oxygen atoms in total. The van der Waals surface area contributed by atoms with E-state index in [0.29, 0.717) is 13.0 Å². The number of nitrogens with one attached hydrogen (secondary N) is 1. The van der Waals surface area contributed by atoms with E-state index < -0.39 is 5.97 Å². The monoisotopic (exact) mass is 262 g/mol. The molecule has 1 fully saturated rings. The molecule has 2 heterocycles. The van der Waals surface area contributed by atoms with Crippen molar-refractivity contribution in [3.8, 4) is 0 Å². The number of hydrogen-bond donors (Lipinski definition) is 2. The van der Waals surface area contributed by atoms with Crippen LogP contribution in [-0.2, 0) is 4.79 Å². The highest BCUT2D eigenvalue weighted by Crippen LogP contribution is 2.30. The summed E-state index contributed by atoms with van der Waals surface area (Å²) in [7, 11) is 0. The number of benzene rings is 1. The molecule has 0 aliphatic carbocycles. The number of carboxylic acid groups (broad SMARTS) is 1. The highest BCUT2D eigenvalue weighted by atomic mass is 32.1. The molecule has 0 bridgehead atoms. The molecule has 5 heteroatoms. The van der Waals surface area contributed by atoms with Gasteiger partial charge in [0.1, 0.15) is 0 Å². The van der Waals surface area contributed by atoms with Crippen LogP contribution in [0.2, 0.25) is 0 Å². The average Bonchev–Trinajstić information content (AvgIpc) is 2.91. The maximum absolute atomic E-state index is 10.9. The zero-order valence-electron chi connectivity index (χ0n) is 10.0. The van der Waals surface area contributed by atoms with Crippen LogP contribution >= 0.6 is 11.3 Å². The molecule has 18 heavy (non-hydrogen) atoms. The largest absolute Gasteiger partial charge is 0.481 e. The van der Waals surface area contributed by atoms with Gasteiger partial charge in [0.2, 0.25) is 0 Å². The van der Waals surface area contributed by atoms with Gasteiger partial charge >= 0.3 is 5.97 Å². The van der Waals surface area contributed by atoms with Crippen molar-refractivity contribution in [3.63, 3.8) is 0 Å². The Hall–Kier alpha value is -1.46. The van der Waals surface area contributed by atoms with E-state index in [2.05, 4.69) is 28.5 Å². The number of aryl methyl sites for hydroxylation is 1. The summed E-state index contributed by atoms with van der Waals surface area (Å²) in [6, 6.07) is 6.35. The molecule has 0 spiro atoms. The van der Waals surface area contributed by atoms with Crippen molar-refractivity contribution in [2.24, 2.45) is 5.92 Å². The average molecular weight is 262 g/mol. The van der Waals surface area contributed by atoms with Crippen molar-refractivity contribution in [2.75, 3.05) is 6.54 Å². The normalized spacial score (nSPS) is 23.6. The Morgan fingerprint density at radius 2 is 2.39 bits per heavy atom. The Bertz CT molecular complexity index is 608. The molecule has 1 aromatic heterocycles. The summed E-state index contributed by atoms with van der Waals surface area (Å²) in [6.07, 6.45) is 0.657. The minimum Gasteiger partial charge on any atom is -0.481 e. The Kier molecular flexibility index (Phi) is 2.80. The highest BCUT2D eigenvalue weighted by Gasteiger charge is 2.30. The van der Waals surface area contributed by atoms with Gasteiger partial charge in [-0.1, -0.05) is 6.07 Å². The standard InChI is InChI=1S/C13H14N2O2S/c1-7-15-11-4-8(2-3-12(11)18-7)10-5-9(6-14-10)13(16)17/h2-4,9-10,14H,5-6H2,1H3,(H,16,17). The minimum atomic E-state index is -0.712. The molecule has 1 aromatic carbocycles. The van der Waals surface area contributed by atoms with E-state index in [1.54, 1.807) is 11.3 Å². The van der Waals surface area contributed by atoms with Crippen molar-refractivity contribution in [3.05, 3.63) is 28.8 Å². The van der Waals surface area contributed by atoms with E-state index in [4.69, 9.17) is 5.11 Å². The Morgan fingerprint density at radius 3 is 3.11 bits per heavy atom. The smallest absolute Gasteiger partial charge is 0.307 e. The lowest BCUT2D eigenvalue weighted by atomic mass is 10.00. The first-order valence-electron chi connectivity index (χ1n) is 5.97. The summed E-state index contributed by atoms with van der Waals surface area (Å²) >= 11 is 1.68. The molecule has 0 saturated carbocycles. The summed E-state index contributed by atoms with van der Waals surface area (Å²) in [5.74, 6) is -0.988. The van der Waals surface area contributed by atoms with Crippen LogP contribution < -0.4 is 5.32 Å². The fourth-order valence-corrected chi connectivity index (χ4v) is 3.26. The number of thiazole rings is 1. The molecule has 1 aliphatic rings. The summed E-state index contributed by atoms with van der Waals surface area (Å²) in [6.45, 7) is 2.55. The van der Waals surface area contributed by atoms with E-state index in [-0.39, 0.29) is 12.0 Å². The van der Waals surface area contributed by atoms with Crippen LogP contribution in [0.4, 0.5) is 0 Å². The maximum atomic E-state index is 10.9. The summed E-state index contributed by atoms with van der Waals surface area (Å²) in [5, 5.41) is 13.3. The Balaban J connectivity index is 1.88. The molecular formula is C13H14N2O2S. The number of nitrogens with zero attached hydrogens (tertiary/aromatic N) is 1. The van der Waals surface area contributed by atoms with Crippen molar-refractivity contribution >= 4 is 27.5 Å². The Morgan fingerprint density at radius 1 is 1.56 bits per heavy atom. The van der Waals surface area contributed by atoms with Crippen LogP contribution in [0.1, 0.15) is 23.0 Å². The molecule has 2 atom stereocenters. The third-order valence-corrected chi connectivity index (χ3v) is 4.35. The van der Waals surface area contributed by atoms with E-state index >= 15 is 0 Å². The SMILES string of the molecule is Cc1nc2cc(C3CC(C(=O)O)CN3)ccc2s1.